The number of benzene rings is 3. The molecule has 0 saturated carbocycles. The monoisotopic (exact) mass is 410 g/mol. The second-order valence-corrected chi connectivity index (χ2v) is 7.75. The van der Waals surface area contributed by atoms with E-state index in [1.54, 1.807) is 6.08 Å². The third-order valence-electron chi connectivity index (χ3n) is 5.02. The topological polar surface area (TPSA) is 62.1 Å². The van der Waals surface area contributed by atoms with Crippen molar-refractivity contribution in [3.8, 4) is 11.8 Å². The lowest BCUT2D eigenvalue weighted by atomic mass is 10.1. The minimum Gasteiger partial charge on any atom is -0.488 e. The Hall–Kier alpha value is -3.84. The van der Waals surface area contributed by atoms with Gasteiger partial charge in [0.05, 0.1) is 0 Å². The molecule has 0 radical (unpaired) electrons. The van der Waals surface area contributed by atoms with Crippen molar-refractivity contribution in [1.29, 1.82) is 5.26 Å². The quantitative estimate of drug-likeness (QED) is 0.398. The number of rotatable bonds is 6. The smallest absolute Gasteiger partial charge is 0.266 e. The second kappa shape index (κ2) is 9.77. The average Bonchev–Trinajstić information content (AvgIpc) is 2.73. The number of amides is 1. The van der Waals surface area contributed by atoms with E-state index in [4.69, 9.17) is 4.74 Å². The van der Waals surface area contributed by atoms with Crippen molar-refractivity contribution >= 4 is 17.7 Å². The summed E-state index contributed by atoms with van der Waals surface area (Å²) in [5.41, 5.74) is 7.01. The van der Waals surface area contributed by atoms with Gasteiger partial charge in [-0.05, 0) is 68.7 Å². The third kappa shape index (κ3) is 5.83. The highest BCUT2D eigenvalue weighted by Gasteiger charge is 2.12. The SMILES string of the molecule is Cc1cc(C)cc(COc2ccccc2/C=C(\C#N)C(=O)Nc2ccc(C)c(C)c2)c1. The fourth-order valence-corrected chi connectivity index (χ4v) is 3.37. The first-order valence-electron chi connectivity index (χ1n) is 10.1. The van der Waals surface area contributed by atoms with Crippen LogP contribution < -0.4 is 10.1 Å². The molecule has 0 bridgehead atoms. The van der Waals surface area contributed by atoms with Crippen molar-refractivity contribution in [2.75, 3.05) is 5.32 Å². The van der Waals surface area contributed by atoms with Crippen molar-refractivity contribution in [2.45, 2.75) is 34.3 Å². The van der Waals surface area contributed by atoms with Crippen LogP contribution >= 0.6 is 0 Å². The Labute approximate surface area is 183 Å². The Morgan fingerprint density at radius 3 is 2.35 bits per heavy atom. The lowest BCUT2D eigenvalue weighted by molar-refractivity contribution is -0.112. The largest absolute Gasteiger partial charge is 0.488 e. The number of carbonyl (C=O) groups excluding carboxylic acids is 1. The minimum atomic E-state index is -0.449. The molecule has 0 aliphatic carbocycles. The van der Waals surface area contributed by atoms with Crippen LogP contribution in [0.2, 0.25) is 0 Å². The van der Waals surface area contributed by atoms with Crippen molar-refractivity contribution in [1.82, 2.24) is 0 Å². The molecule has 0 atom stereocenters. The van der Waals surface area contributed by atoms with Gasteiger partial charge in [-0.25, -0.2) is 0 Å². The number of hydrogen-bond donors (Lipinski definition) is 1. The van der Waals surface area contributed by atoms with Crippen LogP contribution in [-0.2, 0) is 11.4 Å². The summed E-state index contributed by atoms with van der Waals surface area (Å²) in [6.45, 7) is 8.51. The van der Waals surface area contributed by atoms with Gasteiger partial charge < -0.3 is 10.1 Å². The summed E-state index contributed by atoms with van der Waals surface area (Å²) in [4.78, 5) is 12.7. The van der Waals surface area contributed by atoms with Crippen LogP contribution in [0.4, 0.5) is 5.69 Å². The number of hydrogen-bond acceptors (Lipinski definition) is 3. The molecule has 0 heterocycles. The van der Waals surface area contributed by atoms with Gasteiger partial charge in [0.1, 0.15) is 24.0 Å². The van der Waals surface area contributed by atoms with E-state index in [2.05, 4.69) is 37.4 Å². The molecule has 4 nitrogen and oxygen atoms in total. The van der Waals surface area contributed by atoms with E-state index in [-0.39, 0.29) is 5.57 Å². The molecule has 3 aromatic rings. The van der Waals surface area contributed by atoms with E-state index >= 15 is 0 Å². The van der Waals surface area contributed by atoms with Crippen LogP contribution in [0.3, 0.4) is 0 Å². The molecule has 1 amide bonds. The minimum absolute atomic E-state index is 0.0145. The van der Waals surface area contributed by atoms with Gasteiger partial charge in [0.15, 0.2) is 0 Å². The maximum Gasteiger partial charge on any atom is 0.266 e. The van der Waals surface area contributed by atoms with Crippen molar-refractivity contribution in [3.05, 3.63) is 99.6 Å². The van der Waals surface area contributed by atoms with Crippen LogP contribution in [-0.4, -0.2) is 5.91 Å². The molecule has 0 saturated heterocycles. The Kier molecular flexibility index (Phi) is 6.89. The number of nitrogens with zero attached hydrogens (tertiary/aromatic N) is 1. The zero-order valence-electron chi connectivity index (χ0n) is 18.3. The molecule has 0 spiro atoms. The first-order valence-corrected chi connectivity index (χ1v) is 10.1. The van der Waals surface area contributed by atoms with E-state index in [0.29, 0.717) is 23.6 Å². The molecule has 0 unspecified atom stereocenters. The van der Waals surface area contributed by atoms with Gasteiger partial charge in [-0.3, -0.25) is 4.79 Å². The molecular weight excluding hydrogens is 384 g/mol. The summed E-state index contributed by atoms with van der Waals surface area (Å²) in [5, 5.41) is 12.4. The lowest BCUT2D eigenvalue weighted by Crippen LogP contribution is -2.13. The molecular formula is C27H26N2O2. The predicted octanol–water partition coefficient (Wildman–Crippen LogP) is 6.04. The first kappa shape index (κ1) is 21.9. The molecule has 31 heavy (non-hydrogen) atoms. The molecule has 0 fully saturated rings. The Balaban J connectivity index is 1.79. The van der Waals surface area contributed by atoms with Crippen LogP contribution in [0.1, 0.15) is 33.4 Å². The highest BCUT2D eigenvalue weighted by molar-refractivity contribution is 6.09. The average molecular weight is 411 g/mol. The molecule has 0 aliphatic rings. The zero-order chi connectivity index (χ0) is 22.4. The number of nitriles is 1. The summed E-state index contributed by atoms with van der Waals surface area (Å²) in [6, 6.07) is 21.4. The van der Waals surface area contributed by atoms with Gasteiger partial charge in [0, 0.05) is 11.3 Å². The van der Waals surface area contributed by atoms with E-state index in [1.165, 1.54) is 11.1 Å². The summed E-state index contributed by atoms with van der Waals surface area (Å²) in [7, 11) is 0. The van der Waals surface area contributed by atoms with Gasteiger partial charge in [0.25, 0.3) is 5.91 Å². The van der Waals surface area contributed by atoms with Crippen LogP contribution in [0, 0.1) is 39.0 Å². The Bertz CT molecular complexity index is 1170. The maximum absolute atomic E-state index is 12.7. The number of carbonyl (C=O) groups is 1. The van der Waals surface area contributed by atoms with E-state index in [9.17, 15) is 10.1 Å². The van der Waals surface area contributed by atoms with Gasteiger partial charge in [0.2, 0.25) is 0 Å². The number of ether oxygens (including phenoxy) is 1. The second-order valence-electron chi connectivity index (χ2n) is 7.75. The van der Waals surface area contributed by atoms with E-state index in [1.807, 2.05) is 62.4 Å². The molecule has 4 heteroatoms. The van der Waals surface area contributed by atoms with E-state index in [0.717, 1.165) is 16.7 Å². The fraction of sp³-hybridized carbons (Fsp3) is 0.185. The number of para-hydroxylation sites is 1. The summed E-state index contributed by atoms with van der Waals surface area (Å²) >= 11 is 0. The molecule has 156 valence electrons. The van der Waals surface area contributed by atoms with Crippen LogP contribution in [0.25, 0.3) is 6.08 Å². The maximum atomic E-state index is 12.7. The fourth-order valence-electron chi connectivity index (χ4n) is 3.37. The Morgan fingerprint density at radius 1 is 0.968 bits per heavy atom. The van der Waals surface area contributed by atoms with E-state index < -0.39 is 5.91 Å². The number of anilines is 1. The number of nitrogens with one attached hydrogen (secondary N) is 1. The number of aryl methyl sites for hydroxylation is 4. The molecule has 0 aliphatic heterocycles. The van der Waals surface area contributed by atoms with Gasteiger partial charge in [-0.15, -0.1) is 0 Å². The van der Waals surface area contributed by atoms with Crippen molar-refractivity contribution in [3.63, 3.8) is 0 Å². The summed E-state index contributed by atoms with van der Waals surface area (Å²) in [6.07, 6.45) is 1.56. The zero-order valence-corrected chi connectivity index (χ0v) is 18.3. The van der Waals surface area contributed by atoms with Crippen LogP contribution in [0.15, 0.2) is 66.2 Å². The highest BCUT2D eigenvalue weighted by atomic mass is 16.5. The standard InChI is InChI=1S/C27H26N2O2/c1-18-11-19(2)13-22(12-18)17-31-26-8-6-5-7-23(26)15-24(16-28)27(30)29-25-10-9-20(3)21(4)14-25/h5-15H,17H2,1-4H3,(H,29,30)/b24-15+. The highest BCUT2D eigenvalue weighted by Crippen LogP contribution is 2.23. The van der Waals surface area contributed by atoms with Crippen LogP contribution in [0.5, 0.6) is 5.75 Å². The molecule has 3 aromatic carbocycles. The van der Waals surface area contributed by atoms with Gasteiger partial charge in [-0.2, -0.15) is 5.26 Å². The van der Waals surface area contributed by atoms with Crippen molar-refractivity contribution < 1.29 is 9.53 Å². The van der Waals surface area contributed by atoms with Gasteiger partial charge in [-0.1, -0.05) is 53.6 Å². The third-order valence-corrected chi connectivity index (χ3v) is 5.02. The normalized spacial score (nSPS) is 11.0. The molecule has 1 N–H and O–H groups in total. The predicted molar refractivity (Wildman–Crippen MR) is 125 cm³/mol. The summed E-state index contributed by atoms with van der Waals surface area (Å²) in [5.74, 6) is 0.170. The molecule has 3 rings (SSSR count). The van der Waals surface area contributed by atoms with Gasteiger partial charge >= 0.3 is 0 Å². The lowest BCUT2D eigenvalue weighted by Gasteiger charge is -2.11. The first-order chi connectivity index (χ1) is 14.9. The summed E-state index contributed by atoms with van der Waals surface area (Å²) < 4.78 is 6.02. The Morgan fingerprint density at radius 2 is 1.68 bits per heavy atom. The molecule has 0 aromatic heterocycles. The van der Waals surface area contributed by atoms with Crippen molar-refractivity contribution in [2.24, 2.45) is 0 Å².